The van der Waals surface area contributed by atoms with Gasteiger partial charge in [-0.2, -0.15) is 0 Å². The Morgan fingerprint density at radius 1 is 1.50 bits per heavy atom. The van der Waals surface area contributed by atoms with Crippen molar-refractivity contribution in [3.05, 3.63) is 23.3 Å². The summed E-state index contributed by atoms with van der Waals surface area (Å²) in [4.78, 5) is 0. The third kappa shape index (κ3) is 1.42. The van der Waals surface area contributed by atoms with Gasteiger partial charge in [-0.25, -0.2) is 0 Å². The summed E-state index contributed by atoms with van der Waals surface area (Å²) in [6, 6.07) is 2.98. The van der Waals surface area contributed by atoms with Gasteiger partial charge in [0, 0.05) is 23.6 Å². The van der Waals surface area contributed by atoms with E-state index in [0.717, 1.165) is 12.0 Å². The molecule has 2 rings (SSSR count). The second-order valence-electron chi connectivity index (χ2n) is 3.42. The van der Waals surface area contributed by atoms with Crippen molar-refractivity contribution >= 4 is 0 Å². The number of phenols is 1. The van der Waals surface area contributed by atoms with Gasteiger partial charge >= 0.3 is 0 Å². The maximum Gasteiger partial charge on any atom is 0.129 e. The van der Waals surface area contributed by atoms with Gasteiger partial charge in [0.2, 0.25) is 0 Å². The first-order chi connectivity index (χ1) is 6.72. The van der Waals surface area contributed by atoms with Gasteiger partial charge in [-0.1, -0.05) is 0 Å². The zero-order valence-corrected chi connectivity index (χ0v) is 7.73. The molecule has 0 aliphatic carbocycles. The van der Waals surface area contributed by atoms with Gasteiger partial charge in [0.05, 0.1) is 13.2 Å². The van der Waals surface area contributed by atoms with E-state index in [9.17, 15) is 5.11 Å². The standard InChI is InChI=1S/C10H13NO3/c11-9-1-2-14-10-6(5-12)3-7(13)4-8(9)10/h3-4,9,12-13H,1-2,5,11H2. The number of hydrogen-bond acceptors (Lipinski definition) is 4. The Kier molecular flexibility index (Phi) is 2.31. The Morgan fingerprint density at radius 2 is 2.29 bits per heavy atom. The lowest BCUT2D eigenvalue weighted by Gasteiger charge is -2.24. The molecule has 0 bridgehead atoms. The minimum atomic E-state index is -0.149. The van der Waals surface area contributed by atoms with E-state index in [2.05, 4.69) is 0 Å². The number of aromatic hydroxyl groups is 1. The summed E-state index contributed by atoms with van der Waals surface area (Å²) in [5.41, 5.74) is 7.24. The number of ether oxygens (including phenoxy) is 1. The Bertz CT molecular complexity index is 351. The van der Waals surface area contributed by atoms with Crippen LogP contribution in [0, 0.1) is 0 Å². The number of hydrogen-bond donors (Lipinski definition) is 3. The highest BCUT2D eigenvalue weighted by molar-refractivity contribution is 5.48. The number of fused-ring (bicyclic) bond motifs is 1. The quantitative estimate of drug-likeness (QED) is 0.615. The molecule has 1 atom stereocenters. The first kappa shape index (κ1) is 9.30. The minimum Gasteiger partial charge on any atom is -0.508 e. The Morgan fingerprint density at radius 3 is 3.00 bits per heavy atom. The van der Waals surface area contributed by atoms with Crippen LogP contribution in [0.4, 0.5) is 0 Å². The van der Waals surface area contributed by atoms with Gasteiger partial charge in [0.15, 0.2) is 0 Å². The van der Waals surface area contributed by atoms with Gasteiger partial charge in [-0.15, -0.1) is 0 Å². The van der Waals surface area contributed by atoms with E-state index in [-0.39, 0.29) is 18.4 Å². The predicted molar refractivity (Wildman–Crippen MR) is 51.1 cm³/mol. The molecule has 0 saturated heterocycles. The molecule has 76 valence electrons. The smallest absolute Gasteiger partial charge is 0.129 e. The highest BCUT2D eigenvalue weighted by atomic mass is 16.5. The number of rotatable bonds is 1. The molecule has 1 heterocycles. The lowest BCUT2D eigenvalue weighted by Crippen LogP contribution is -2.21. The van der Waals surface area contributed by atoms with E-state index in [4.69, 9.17) is 15.6 Å². The van der Waals surface area contributed by atoms with Gasteiger partial charge in [0.1, 0.15) is 11.5 Å². The fourth-order valence-corrected chi connectivity index (χ4v) is 1.71. The molecular weight excluding hydrogens is 182 g/mol. The summed E-state index contributed by atoms with van der Waals surface area (Å²) in [5.74, 6) is 0.748. The first-order valence-corrected chi connectivity index (χ1v) is 4.57. The van der Waals surface area contributed by atoms with Crippen LogP contribution in [0.15, 0.2) is 12.1 Å². The Labute approximate surface area is 81.9 Å². The second-order valence-corrected chi connectivity index (χ2v) is 3.42. The molecule has 1 aliphatic heterocycles. The molecule has 14 heavy (non-hydrogen) atoms. The largest absolute Gasteiger partial charge is 0.508 e. The summed E-state index contributed by atoms with van der Waals surface area (Å²) in [6.45, 7) is 0.412. The molecule has 1 aromatic rings. The number of aliphatic hydroxyl groups excluding tert-OH is 1. The van der Waals surface area contributed by atoms with Crippen LogP contribution < -0.4 is 10.5 Å². The molecule has 0 saturated carbocycles. The average molecular weight is 195 g/mol. The fourth-order valence-electron chi connectivity index (χ4n) is 1.71. The topological polar surface area (TPSA) is 75.7 Å². The number of aliphatic hydroxyl groups is 1. The highest BCUT2D eigenvalue weighted by Crippen LogP contribution is 2.36. The second kappa shape index (κ2) is 3.48. The monoisotopic (exact) mass is 195 g/mol. The van der Waals surface area contributed by atoms with Gasteiger partial charge in [-0.3, -0.25) is 0 Å². The van der Waals surface area contributed by atoms with Crippen LogP contribution in [0.5, 0.6) is 11.5 Å². The zero-order chi connectivity index (χ0) is 10.1. The molecule has 4 nitrogen and oxygen atoms in total. The third-order valence-corrected chi connectivity index (χ3v) is 2.42. The Balaban J connectivity index is 2.54. The normalized spacial score (nSPS) is 20.0. The molecule has 0 aromatic heterocycles. The average Bonchev–Trinajstić information content (AvgIpc) is 2.18. The number of nitrogens with two attached hydrogens (primary N) is 1. The van der Waals surface area contributed by atoms with E-state index < -0.39 is 0 Å². The van der Waals surface area contributed by atoms with Crippen molar-refractivity contribution < 1.29 is 14.9 Å². The molecular formula is C10H13NO3. The summed E-state index contributed by atoms with van der Waals surface area (Å²) in [7, 11) is 0. The summed E-state index contributed by atoms with van der Waals surface area (Å²) < 4.78 is 5.42. The molecule has 1 aliphatic rings. The molecule has 0 amide bonds. The zero-order valence-electron chi connectivity index (χ0n) is 7.73. The van der Waals surface area contributed by atoms with Gasteiger partial charge in [0.25, 0.3) is 0 Å². The van der Waals surface area contributed by atoms with Crippen LogP contribution in [0.25, 0.3) is 0 Å². The molecule has 1 unspecified atom stereocenters. The highest BCUT2D eigenvalue weighted by Gasteiger charge is 2.21. The van der Waals surface area contributed by atoms with Crippen LogP contribution in [-0.2, 0) is 6.61 Å². The summed E-state index contributed by atoms with van der Waals surface area (Å²) >= 11 is 0. The third-order valence-electron chi connectivity index (χ3n) is 2.42. The van der Waals surface area contributed by atoms with Crippen molar-refractivity contribution in [2.45, 2.75) is 19.1 Å². The maximum atomic E-state index is 9.40. The van der Waals surface area contributed by atoms with Gasteiger partial charge < -0.3 is 20.7 Å². The van der Waals surface area contributed by atoms with Crippen molar-refractivity contribution in [1.29, 1.82) is 0 Å². The van der Waals surface area contributed by atoms with Crippen molar-refractivity contribution in [3.63, 3.8) is 0 Å². The fraction of sp³-hybridized carbons (Fsp3) is 0.400. The van der Waals surface area contributed by atoms with E-state index in [1.54, 1.807) is 6.07 Å². The number of phenolic OH excluding ortho intramolecular Hbond substituents is 1. The van der Waals surface area contributed by atoms with Crippen molar-refractivity contribution in [1.82, 2.24) is 0 Å². The summed E-state index contributed by atoms with van der Waals surface area (Å²) in [5, 5.41) is 18.5. The SMILES string of the molecule is NC1CCOc2c(CO)cc(O)cc21. The van der Waals surface area contributed by atoms with E-state index in [1.165, 1.54) is 6.07 Å². The van der Waals surface area contributed by atoms with Crippen LogP contribution in [0.2, 0.25) is 0 Å². The molecule has 4 heteroatoms. The first-order valence-electron chi connectivity index (χ1n) is 4.57. The molecule has 0 radical (unpaired) electrons. The van der Waals surface area contributed by atoms with Crippen LogP contribution in [0.1, 0.15) is 23.6 Å². The van der Waals surface area contributed by atoms with Crippen LogP contribution in [0.3, 0.4) is 0 Å². The molecule has 0 spiro atoms. The van der Waals surface area contributed by atoms with E-state index >= 15 is 0 Å². The van der Waals surface area contributed by atoms with E-state index in [0.29, 0.717) is 17.9 Å². The van der Waals surface area contributed by atoms with Crippen molar-refractivity contribution in [2.75, 3.05) is 6.61 Å². The van der Waals surface area contributed by atoms with Crippen LogP contribution >= 0.6 is 0 Å². The number of benzene rings is 1. The maximum absolute atomic E-state index is 9.40. The molecule has 0 fully saturated rings. The van der Waals surface area contributed by atoms with Crippen LogP contribution in [-0.4, -0.2) is 16.8 Å². The summed E-state index contributed by atoms with van der Waals surface area (Å²) in [6.07, 6.45) is 0.737. The van der Waals surface area contributed by atoms with Crippen molar-refractivity contribution in [2.24, 2.45) is 5.73 Å². The lowest BCUT2D eigenvalue weighted by molar-refractivity contribution is 0.241. The Hall–Kier alpha value is -1.26. The molecule has 4 N–H and O–H groups in total. The molecule has 1 aromatic carbocycles. The van der Waals surface area contributed by atoms with Crippen molar-refractivity contribution in [3.8, 4) is 11.5 Å². The van der Waals surface area contributed by atoms with E-state index in [1.807, 2.05) is 0 Å². The predicted octanol–water partition coefficient (Wildman–Crippen LogP) is 0.667. The van der Waals surface area contributed by atoms with Gasteiger partial charge in [-0.05, 0) is 12.1 Å². The minimum absolute atomic E-state index is 0.115. The lowest BCUT2D eigenvalue weighted by atomic mass is 9.98.